The SMILES string of the molecule is COC(=O)c1ccc2c(n1)N(C(=O)Nc1cccc(OC[C@@H]3COC(C)(C)O3)n1)C1CCN2C1. The van der Waals surface area contributed by atoms with Gasteiger partial charge in [-0.3, -0.25) is 10.2 Å². The van der Waals surface area contributed by atoms with Gasteiger partial charge in [-0.05, 0) is 38.5 Å². The Morgan fingerprint density at radius 1 is 1.24 bits per heavy atom. The van der Waals surface area contributed by atoms with Crippen LogP contribution in [-0.2, 0) is 14.2 Å². The molecule has 0 aromatic carbocycles. The third-order valence-corrected chi connectivity index (χ3v) is 6.01. The Morgan fingerprint density at radius 2 is 2.09 bits per heavy atom. The van der Waals surface area contributed by atoms with Gasteiger partial charge in [0, 0.05) is 19.2 Å². The third kappa shape index (κ3) is 4.36. The fourth-order valence-electron chi connectivity index (χ4n) is 4.45. The molecule has 0 saturated carbocycles. The monoisotopic (exact) mass is 469 g/mol. The molecule has 0 radical (unpaired) electrons. The van der Waals surface area contributed by atoms with Gasteiger partial charge in [0.25, 0.3) is 0 Å². The van der Waals surface area contributed by atoms with E-state index in [-0.39, 0.29) is 30.5 Å². The van der Waals surface area contributed by atoms with Crippen LogP contribution >= 0.6 is 0 Å². The molecule has 2 aromatic heterocycles. The molecule has 1 unspecified atom stereocenters. The highest BCUT2D eigenvalue weighted by atomic mass is 16.7. The van der Waals surface area contributed by atoms with Crippen molar-refractivity contribution < 1.29 is 28.5 Å². The third-order valence-electron chi connectivity index (χ3n) is 6.01. The van der Waals surface area contributed by atoms with Gasteiger partial charge in [0.15, 0.2) is 17.3 Å². The molecule has 3 aliphatic heterocycles. The number of urea groups is 1. The molecule has 0 aliphatic carbocycles. The van der Waals surface area contributed by atoms with Crippen molar-refractivity contribution >= 4 is 29.3 Å². The summed E-state index contributed by atoms with van der Waals surface area (Å²) in [5, 5.41) is 2.84. The van der Waals surface area contributed by atoms with Crippen molar-refractivity contribution in [2.24, 2.45) is 0 Å². The molecule has 2 aromatic rings. The fourth-order valence-corrected chi connectivity index (χ4v) is 4.45. The Kier molecular flexibility index (Phi) is 5.74. The van der Waals surface area contributed by atoms with Crippen molar-refractivity contribution in [1.82, 2.24) is 9.97 Å². The molecule has 2 saturated heterocycles. The number of ether oxygens (including phenoxy) is 4. The first-order chi connectivity index (χ1) is 16.3. The smallest absolute Gasteiger partial charge is 0.356 e. The number of anilines is 3. The minimum absolute atomic E-state index is 0.0600. The number of pyridine rings is 2. The first-order valence-corrected chi connectivity index (χ1v) is 11.2. The predicted molar refractivity (Wildman–Crippen MR) is 122 cm³/mol. The Bertz CT molecular complexity index is 1110. The molecule has 2 fully saturated rings. The lowest BCUT2D eigenvalue weighted by atomic mass is 10.2. The summed E-state index contributed by atoms with van der Waals surface area (Å²) in [5.41, 5.74) is 0.958. The average Bonchev–Trinajstić information content (AvgIpc) is 3.40. The molecule has 3 aliphatic rings. The van der Waals surface area contributed by atoms with E-state index in [4.69, 9.17) is 18.9 Å². The van der Waals surface area contributed by atoms with Gasteiger partial charge in [0.1, 0.15) is 18.5 Å². The second-order valence-corrected chi connectivity index (χ2v) is 8.84. The second kappa shape index (κ2) is 8.73. The van der Waals surface area contributed by atoms with Crippen LogP contribution in [0, 0.1) is 0 Å². The quantitative estimate of drug-likeness (QED) is 0.659. The van der Waals surface area contributed by atoms with E-state index in [2.05, 4.69) is 20.2 Å². The molecule has 11 nitrogen and oxygen atoms in total. The van der Waals surface area contributed by atoms with Crippen molar-refractivity contribution in [3.05, 3.63) is 36.0 Å². The zero-order valence-corrected chi connectivity index (χ0v) is 19.3. The van der Waals surface area contributed by atoms with Gasteiger partial charge in [0.05, 0.1) is 25.4 Å². The van der Waals surface area contributed by atoms with Gasteiger partial charge in [-0.15, -0.1) is 0 Å². The van der Waals surface area contributed by atoms with E-state index in [1.807, 2.05) is 13.8 Å². The summed E-state index contributed by atoms with van der Waals surface area (Å²) in [6.45, 7) is 5.95. The minimum Gasteiger partial charge on any atom is -0.475 e. The Hall–Kier alpha value is -3.44. The number of hydrogen-bond donors (Lipinski definition) is 1. The van der Waals surface area contributed by atoms with E-state index < -0.39 is 11.8 Å². The van der Waals surface area contributed by atoms with Crippen molar-refractivity contribution in [2.45, 2.75) is 38.2 Å². The number of carbonyl (C=O) groups excluding carboxylic acids is 2. The number of carbonyl (C=O) groups is 2. The van der Waals surface area contributed by atoms with E-state index in [0.717, 1.165) is 18.7 Å². The van der Waals surface area contributed by atoms with Crippen LogP contribution in [0.15, 0.2) is 30.3 Å². The number of esters is 1. The van der Waals surface area contributed by atoms with Crippen LogP contribution in [0.4, 0.5) is 22.1 Å². The molecule has 0 spiro atoms. The van der Waals surface area contributed by atoms with Crippen LogP contribution in [0.25, 0.3) is 0 Å². The lowest BCUT2D eigenvalue weighted by Gasteiger charge is -2.35. The van der Waals surface area contributed by atoms with E-state index in [1.165, 1.54) is 7.11 Å². The molecule has 5 rings (SSSR count). The van der Waals surface area contributed by atoms with E-state index in [0.29, 0.717) is 30.7 Å². The molecular weight excluding hydrogens is 442 g/mol. The van der Waals surface area contributed by atoms with Gasteiger partial charge in [-0.2, -0.15) is 4.98 Å². The molecule has 34 heavy (non-hydrogen) atoms. The maximum atomic E-state index is 13.3. The van der Waals surface area contributed by atoms with Crippen LogP contribution in [-0.4, -0.2) is 73.3 Å². The number of fused-ring (bicyclic) bond motifs is 4. The first kappa shape index (κ1) is 22.4. The fraction of sp³-hybridized carbons (Fsp3) is 0.478. The van der Waals surface area contributed by atoms with Crippen LogP contribution in [0.5, 0.6) is 5.88 Å². The summed E-state index contributed by atoms with van der Waals surface area (Å²) in [6, 6.07) is 8.14. The highest BCUT2D eigenvalue weighted by Crippen LogP contribution is 2.39. The van der Waals surface area contributed by atoms with Crippen LogP contribution in [0.3, 0.4) is 0 Å². The largest absolute Gasteiger partial charge is 0.475 e. The molecule has 11 heteroatoms. The maximum absolute atomic E-state index is 13.3. The van der Waals surface area contributed by atoms with Crippen molar-refractivity contribution in [3.8, 4) is 5.88 Å². The number of nitrogens with one attached hydrogen (secondary N) is 1. The topological polar surface area (TPSA) is 115 Å². The Balaban J connectivity index is 1.31. The van der Waals surface area contributed by atoms with Crippen molar-refractivity contribution in [1.29, 1.82) is 0 Å². The normalized spacial score (nSPS) is 22.3. The lowest BCUT2D eigenvalue weighted by Crippen LogP contribution is -2.48. The minimum atomic E-state index is -0.625. The zero-order valence-electron chi connectivity index (χ0n) is 19.3. The molecule has 2 atom stereocenters. The van der Waals surface area contributed by atoms with E-state index >= 15 is 0 Å². The maximum Gasteiger partial charge on any atom is 0.356 e. The average molecular weight is 469 g/mol. The number of hydrogen-bond acceptors (Lipinski definition) is 9. The van der Waals surface area contributed by atoms with Crippen molar-refractivity contribution in [2.75, 3.05) is 48.5 Å². The standard InChI is InChI=1S/C23H27N5O6/c1-23(2)33-13-15(34-23)12-32-19-6-4-5-18(25-19)26-22(30)28-14-9-10-27(11-14)17-8-7-16(21(29)31-3)24-20(17)28/h4-8,14-15H,9-13H2,1-3H3,(H,25,26,30)/t14?,15-/m1/s1. The molecule has 5 heterocycles. The van der Waals surface area contributed by atoms with Gasteiger partial charge in [-0.1, -0.05) is 6.07 Å². The second-order valence-electron chi connectivity index (χ2n) is 8.84. The number of methoxy groups -OCH3 is 1. The van der Waals surface area contributed by atoms with E-state index in [9.17, 15) is 9.59 Å². The summed E-state index contributed by atoms with van der Waals surface area (Å²) in [5.74, 6) is -0.0365. The summed E-state index contributed by atoms with van der Waals surface area (Å²) in [7, 11) is 1.30. The Labute approximate surface area is 197 Å². The predicted octanol–water partition coefficient (Wildman–Crippen LogP) is 2.42. The highest BCUT2D eigenvalue weighted by Gasteiger charge is 2.40. The molecule has 2 amide bonds. The van der Waals surface area contributed by atoms with Gasteiger partial charge in [-0.25, -0.2) is 14.6 Å². The molecular formula is C23H27N5O6. The van der Waals surface area contributed by atoms with Gasteiger partial charge in [0.2, 0.25) is 5.88 Å². The van der Waals surface area contributed by atoms with Crippen molar-refractivity contribution in [3.63, 3.8) is 0 Å². The molecule has 2 bridgehead atoms. The zero-order chi connectivity index (χ0) is 23.9. The summed E-state index contributed by atoms with van der Waals surface area (Å²) >= 11 is 0. The first-order valence-electron chi connectivity index (χ1n) is 11.2. The van der Waals surface area contributed by atoms with Gasteiger partial charge < -0.3 is 23.8 Å². The highest BCUT2D eigenvalue weighted by molar-refractivity contribution is 6.04. The summed E-state index contributed by atoms with van der Waals surface area (Å²) < 4.78 is 21.8. The molecule has 180 valence electrons. The van der Waals surface area contributed by atoms with Crippen LogP contribution in [0.1, 0.15) is 30.8 Å². The number of aromatic nitrogens is 2. The van der Waals surface area contributed by atoms with Gasteiger partial charge >= 0.3 is 12.0 Å². The number of nitrogens with zero attached hydrogens (tertiary/aromatic N) is 4. The Morgan fingerprint density at radius 3 is 2.85 bits per heavy atom. The summed E-state index contributed by atoms with van der Waals surface area (Å²) in [6.07, 6.45) is 0.605. The number of amides is 2. The van der Waals surface area contributed by atoms with Crippen LogP contribution in [0.2, 0.25) is 0 Å². The summed E-state index contributed by atoms with van der Waals surface area (Å²) in [4.78, 5) is 38.0. The number of rotatable bonds is 5. The van der Waals surface area contributed by atoms with Crippen LogP contribution < -0.4 is 19.9 Å². The molecule has 1 N–H and O–H groups in total. The van der Waals surface area contributed by atoms with E-state index in [1.54, 1.807) is 35.2 Å². The lowest BCUT2D eigenvalue weighted by molar-refractivity contribution is -0.141.